The van der Waals surface area contributed by atoms with Crippen LogP contribution in [0.1, 0.15) is 58.8 Å². The van der Waals surface area contributed by atoms with Crippen LogP contribution in [0.5, 0.6) is 0 Å². The third kappa shape index (κ3) is 3.89. The summed E-state index contributed by atoms with van der Waals surface area (Å²) in [5.41, 5.74) is 0. The zero-order valence-corrected chi connectivity index (χ0v) is 13.2. The molecule has 21 heavy (non-hydrogen) atoms. The van der Waals surface area contributed by atoms with Crippen molar-refractivity contribution < 1.29 is 14.7 Å². The summed E-state index contributed by atoms with van der Waals surface area (Å²) in [5, 5.41) is 12.3. The van der Waals surface area contributed by atoms with Crippen LogP contribution < -0.4 is 5.32 Å². The van der Waals surface area contributed by atoms with Gasteiger partial charge in [-0.2, -0.15) is 0 Å². The molecule has 5 nitrogen and oxygen atoms in total. The maximum Gasteiger partial charge on any atom is 0.317 e. The van der Waals surface area contributed by atoms with Gasteiger partial charge in [0.05, 0.1) is 5.92 Å². The number of carbonyl (C=O) groups excluding carboxylic acids is 1. The predicted molar refractivity (Wildman–Crippen MR) is 81.1 cm³/mol. The molecule has 1 saturated heterocycles. The lowest BCUT2D eigenvalue weighted by Crippen LogP contribution is -2.54. The molecule has 1 aliphatic heterocycles. The van der Waals surface area contributed by atoms with Gasteiger partial charge in [0.25, 0.3) is 0 Å². The zero-order chi connectivity index (χ0) is 15.4. The van der Waals surface area contributed by atoms with Gasteiger partial charge in [0.1, 0.15) is 0 Å². The van der Waals surface area contributed by atoms with Crippen LogP contribution in [0.2, 0.25) is 0 Å². The van der Waals surface area contributed by atoms with Crippen molar-refractivity contribution in [2.75, 3.05) is 6.54 Å². The van der Waals surface area contributed by atoms with E-state index in [4.69, 9.17) is 5.11 Å². The number of carboxylic acid groups (broad SMARTS) is 1. The number of aliphatic carboxylic acids is 1. The summed E-state index contributed by atoms with van der Waals surface area (Å²) in [6.07, 6.45) is 6.98. The Balaban J connectivity index is 1.89. The average molecular weight is 296 g/mol. The molecular weight excluding hydrogens is 268 g/mol. The summed E-state index contributed by atoms with van der Waals surface area (Å²) < 4.78 is 0. The second kappa shape index (κ2) is 7.14. The van der Waals surface area contributed by atoms with Crippen LogP contribution in [0.3, 0.4) is 0 Å². The Morgan fingerprint density at radius 1 is 1.24 bits per heavy atom. The summed E-state index contributed by atoms with van der Waals surface area (Å²) in [6.45, 7) is 4.69. The Hall–Kier alpha value is -1.26. The highest BCUT2D eigenvalue weighted by Gasteiger charge is 2.34. The highest BCUT2D eigenvalue weighted by Crippen LogP contribution is 2.28. The Morgan fingerprint density at radius 3 is 2.57 bits per heavy atom. The number of carboxylic acids is 1. The molecule has 0 aromatic heterocycles. The van der Waals surface area contributed by atoms with E-state index in [1.807, 2.05) is 11.8 Å². The quantitative estimate of drug-likeness (QED) is 0.841. The van der Waals surface area contributed by atoms with Gasteiger partial charge in [-0.3, -0.25) is 4.79 Å². The third-order valence-electron chi connectivity index (χ3n) is 5.23. The number of urea groups is 1. The third-order valence-corrected chi connectivity index (χ3v) is 5.23. The lowest BCUT2D eigenvalue weighted by Gasteiger charge is -2.39. The van der Waals surface area contributed by atoms with Gasteiger partial charge in [-0.05, 0) is 38.5 Å². The normalized spacial score (nSPS) is 33.5. The van der Waals surface area contributed by atoms with Crippen molar-refractivity contribution in [3.05, 3.63) is 0 Å². The number of amides is 2. The maximum atomic E-state index is 12.5. The van der Waals surface area contributed by atoms with Crippen molar-refractivity contribution in [1.29, 1.82) is 0 Å². The van der Waals surface area contributed by atoms with Crippen molar-refractivity contribution in [2.45, 2.75) is 70.9 Å². The topological polar surface area (TPSA) is 69.6 Å². The van der Waals surface area contributed by atoms with E-state index in [0.717, 1.165) is 12.8 Å². The van der Waals surface area contributed by atoms with E-state index in [0.29, 0.717) is 31.3 Å². The number of nitrogens with zero attached hydrogens (tertiary/aromatic N) is 1. The van der Waals surface area contributed by atoms with E-state index in [1.54, 1.807) is 0 Å². The molecule has 120 valence electrons. The molecule has 2 N–H and O–H groups in total. The largest absolute Gasteiger partial charge is 0.481 e. The van der Waals surface area contributed by atoms with Crippen molar-refractivity contribution in [1.82, 2.24) is 10.2 Å². The molecule has 2 aliphatic rings. The van der Waals surface area contributed by atoms with Gasteiger partial charge >= 0.3 is 12.0 Å². The Kier molecular flexibility index (Phi) is 5.48. The fourth-order valence-electron chi connectivity index (χ4n) is 3.83. The molecule has 4 atom stereocenters. The molecule has 2 fully saturated rings. The molecule has 0 bridgehead atoms. The van der Waals surface area contributed by atoms with Gasteiger partial charge in [-0.15, -0.1) is 0 Å². The minimum atomic E-state index is -0.736. The van der Waals surface area contributed by atoms with Crippen LogP contribution in [0, 0.1) is 11.8 Å². The van der Waals surface area contributed by atoms with Crippen molar-refractivity contribution in [3.63, 3.8) is 0 Å². The van der Waals surface area contributed by atoms with Crippen molar-refractivity contribution in [2.24, 2.45) is 11.8 Å². The van der Waals surface area contributed by atoms with E-state index in [-0.39, 0.29) is 18.0 Å². The van der Waals surface area contributed by atoms with E-state index >= 15 is 0 Å². The first-order chi connectivity index (χ1) is 10.0. The number of piperidine rings is 1. The van der Waals surface area contributed by atoms with E-state index in [1.165, 1.54) is 19.3 Å². The highest BCUT2D eigenvalue weighted by atomic mass is 16.4. The molecule has 5 heteroatoms. The molecule has 1 heterocycles. The van der Waals surface area contributed by atoms with Gasteiger partial charge in [0.15, 0.2) is 0 Å². The molecule has 1 aliphatic carbocycles. The predicted octanol–water partition coefficient (Wildman–Crippen LogP) is 2.85. The molecule has 2 amide bonds. The van der Waals surface area contributed by atoms with Crippen molar-refractivity contribution >= 4 is 12.0 Å². The fourth-order valence-corrected chi connectivity index (χ4v) is 3.83. The van der Waals surface area contributed by atoms with Gasteiger partial charge in [0.2, 0.25) is 0 Å². The molecule has 0 spiro atoms. The number of hydrogen-bond donors (Lipinski definition) is 2. The van der Waals surface area contributed by atoms with E-state index < -0.39 is 5.97 Å². The van der Waals surface area contributed by atoms with E-state index in [2.05, 4.69) is 12.2 Å². The molecular formula is C16H28N2O3. The summed E-state index contributed by atoms with van der Waals surface area (Å²) in [5.74, 6) is -0.447. The molecule has 4 unspecified atom stereocenters. The lowest BCUT2D eigenvalue weighted by molar-refractivity contribution is -0.143. The number of carbonyl (C=O) groups is 2. The number of likely N-dealkylation sites (tertiary alicyclic amines) is 1. The van der Waals surface area contributed by atoms with E-state index in [9.17, 15) is 9.59 Å². The summed E-state index contributed by atoms with van der Waals surface area (Å²) in [6, 6.07) is 0.292. The molecule has 2 rings (SSSR count). The fraction of sp³-hybridized carbons (Fsp3) is 0.875. The molecule has 1 saturated carbocycles. The van der Waals surface area contributed by atoms with Crippen LogP contribution in [0.25, 0.3) is 0 Å². The number of nitrogens with one attached hydrogen (secondary N) is 1. The van der Waals surface area contributed by atoms with Gasteiger partial charge < -0.3 is 15.3 Å². The lowest BCUT2D eigenvalue weighted by atomic mass is 9.83. The van der Waals surface area contributed by atoms with Gasteiger partial charge in [-0.25, -0.2) is 4.79 Å². The molecule has 0 aromatic rings. The zero-order valence-electron chi connectivity index (χ0n) is 13.2. The average Bonchev–Trinajstić information content (AvgIpc) is 2.47. The van der Waals surface area contributed by atoms with Crippen LogP contribution in [0.15, 0.2) is 0 Å². The molecule has 0 aromatic carbocycles. The van der Waals surface area contributed by atoms with Crippen LogP contribution in [-0.2, 0) is 4.79 Å². The van der Waals surface area contributed by atoms with Gasteiger partial charge in [0, 0.05) is 18.6 Å². The number of hydrogen-bond acceptors (Lipinski definition) is 2. The highest BCUT2D eigenvalue weighted by molar-refractivity contribution is 5.76. The minimum Gasteiger partial charge on any atom is -0.481 e. The standard InChI is InChI=1S/C16H28N2O3/c1-3-12-6-4-5-7-14(12)17-16(21)18-9-8-13(15(19)20)10-11(18)2/h11-14H,3-10H2,1-2H3,(H,17,21)(H,19,20). The summed E-state index contributed by atoms with van der Waals surface area (Å²) >= 11 is 0. The Labute approximate surface area is 127 Å². The summed E-state index contributed by atoms with van der Waals surface area (Å²) in [4.78, 5) is 25.4. The van der Waals surface area contributed by atoms with Gasteiger partial charge in [-0.1, -0.05) is 26.2 Å². The first-order valence-corrected chi connectivity index (χ1v) is 8.32. The second-order valence-electron chi connectivity index (χ2n) is 6.61. The Morgan fingerprint density at radius 2 is 1.95 bits per heavy atom. The van der Waals surface area contributed by atoms with Crippen LogP contribution >= 0.6 is 0 Å². The van der Waals surface area contributed by atoms with Crippen LogP contribution in [0.4, 0.5) is 4.79 Å². The Bertz CT molecular complexity index is 386. The number of rotatable bonds is 3. The smallest absolute Gasteiger partial charge is 0.317 e. The minimum absolute atomic E-state index is 0.00307. The molecule has 0 radical (unpaired) electrons. The summed E-state index contributed by atoms with van der Waals surface area (Å²) in [7, 11) is 0. The maximum absolute atomic E-state index is 12.5. The first-order valence-electron chi connectivity index (χ1n) is 8.32. The first kappa shape index (κ1) is 16.1. The SMILES string of the molecule is CCC1CCCCC1NC(=O)N1CCC(C(=O)O)CC1C. The van der Waals surface area contributed by atoms with Crippen molar-refractivity contribution in [3.8, 4) is 0 Å². The second-order valence-corrected chi connectivity index (χ2v) is 6.61. The monoisotopic (exact) mass is 296 g/mol. The van der Waals surface area contributed by atoms with Crippen LogP contribution in [-0.4, -0.2) is 40.6 Å².